The lowest BCUT2D eigenvalue weighted by Gasteiger charge is -2.35. The molecular formula is C19H20N6O2. The Morgan fingerprint density at radius 1 is 1.00 bits per heavy atom. The number of amides is 1. The number of ketones is 1. The first-order valence-corrected chi connectivity index (χ1v) is 8.86. The summed E-state index contributed by atoms with van der Waals surface area (Å²) in [6.45, 7) is 6.08. The van der Waals surface area contributed by atoms with E-state index in [1.165, 1.54) is 0 Å². The molecule has 0 radical (unpaired) electrons. The van der Waals surface area contributed by atoms with Crippen LogP contribution in [0.1, 0.15) is 33.6 Å². The maximum absolute atomic E-state index is 12.7. The van der Waals surface area contributed by atoms with Crippen molar-refractivity contribution in [2.75, 3.05) is 31.1 Å². The largest absolute Gasteiger partial charge is 0.368 e. The van der Waals surface area contributed by atoms with E-state index in [1.54, 1.807) is 22.5 Å². The van der Waals surface area contributed by atoms with Gasteiger partial charge in [0, 0.05) is 49.3 Å². The number of carbonyl (C=O) groups excluding carboxylic acids is 2. The molecule has 8 heteroatoms. The Kier molecular flexibility index (Phi) is 4.31. The number of aryl methyl sites for hydroxylation is 1. The first kappa shape index (κ1) is 17.1. The number of benzene rings is 1. The van der Waals surface area contributed by atoms with Crippen LogP contribution in [0.4, 0.5) is 5.69 Å². The Labute approximate surface area is 156 Å². The number of anilines is 1. The van der Waals surface area contributed by atoms with Crippen LogP contribution in [0, 0.1) is 6.92 Å². The van der Waals surface area contributed by atoms with Crippen molar-refractivity contribution in [2.24, 2.45) is 0 Å². The fraction of sp³-hybridized carbons (Fsp3) is 0.316. The van der Waals surface area contributed by atoms with Gasteiger partial charge in [-0.1, -0.05) is 0 Å². The number of nitrogens with zero attached hydrogens (tertiary/aromatic N) is 6. The second-order valence-electron chi connectivity index (χ2n) is 6.62. The second kappa shape index (κ2) is 6.79. The zero-order valence-corrected chi connectivity index (χ0v) is 15.3. The molecule has 3 heterocycles. The third kappa shape index (κ3) is 3.25. The van der Waals surface area contributed by atoms with E-state index in [0.29, 0.717) is 24.4 Å². The number of rotatable bonds is 3. The van der Waals surface area contributed by atoms with Crippen LogP contribution < -0.4 is 4.90 Å². The van der Waals surface area contributed by atoms with Crippen LogP contribution in [0.15, 0.2) is 36.5 Å². The standard InChI is InChI=1S/C19H20N6O2/c1-13-7-8-20-19-21-17(22-25(13)19)18(27)24-11-9-23(10-12-24)16-5-3-15(4-6-16)14(2)26/h3-8H,9-12H2,1-2H3. The van der Waals surface area contributed by atoms with E-state index >= 15 is 0 Å². The highest BCUT2D eigenvalue weighted by molar-refractivity contribution is 5.94. The van der Waals surface area contributed by atoms with Gasteiger partial charge in [-0.25, -0.2) is 9.50 Å². The van der Waals surface area contributed by atoms with Gasteiger partial charge in [-0.3, -0.25) is 9.59 Å². The molecule has 0 spiro atoms. The van der Waals surface area contributed by atoms with Crippen molar-refractivity contribution in [3.63, 3.8) is 0 Å². The minimum Gasteiger partial charge on any atom is -0.368 e. The molecule has 1 saturated heterocycles. The number of fused-ring (bicyclic) bond motifs is 1. The third-order valence-electron chi connectivity index (χ3n) is 4.83. The summed E-state index contributed by atoms with van der Waals surface area (Å²) in [7, 11) is 0. The minimum atomic E-state index is -0.175. The van der Waals surface area contributed by atoms with Crippen molar-refractivity contribution in [1.29, 1.82) is 0 Å². The summed E-state index contributed by atoms with van der Waals surface area (Å²) in [5.41, 5.74) is 2.64. The Morgan fingerprint density at radius 3 is 2.33 bits per heavy atom. The Hall–Kier alpha value is -3.29. The molecule has 8 nitrogen and oxygen atoms in total. The predicted molar refractivity (Wildman–Crippen MR) is 100 cm³/mol. The highest BCUT2D eigenvalue weighted by Crippen LogP contribution is 2.18. The van der Waals surface area contributed by atoms with Gasteiger partial charge in [0.15, 0.2) is 5.78 Å². The Balaban J connectivity index is 1.44. The fourth-order valence-electron chi connectivity index (χ4n) is 3.21. The lowest BCUT2D eigenvalue weighted by molar-refractivity contribution is 0.0734. The van der Waals surface area contributed by atoms with Crippen molar-refractivity contribution >= 4 is 23.2 Å². The van der Waals surface area contributed by atoms with Crippen LogP contribution in [0.25, 0.3) is 5.78 Å². The van der Waals surface area contributed by atoms with Crippen molar-refractivity contribution < 1.29 is 9.59 Å². The highest BCUT2D eigenvalue weighted by Gasteiger charge is 2.25. The van der Waals surface area contributed by atoms with Crippen molar-refractivity contribution in [3.05, 3.63) is 53.6 Å². The van der Waals surface area contributed by atoms with Gasteiger partial charge < -0.3 is 9.80 Å². The predicted octanol–water partition coefficient (Wildman–Crippen LogP) is 1.60. The molecule has 1 aliphatic rings. The first-order valence-electron chi connectivity index (χ1n) is 8.86. The minimum absolute atomic E-state index is 0.0571. The van der Waals surface area contributed by atoms with Gasteiger partial charge in [0.05, 0.1) is 0 Å². The molecule has 0 aliphatic carbocycles. The maximum atomic E-state index is 12.7. The van der Waals surface area contributed by atoms with Crippen LogP contribution >= 0.6 is 0 Å². The maximum Gasteiger partial charge on any atom is 0.293 e. The zero-order valence-electron chi connectivity index (χ0n) is 15.3. The van der Waals surface area contributed by atoms with E-state index in [2.05, 4.69) is 20.0 Å². The average Bonchev–Trinajstić information content (AvgIpc) is 3.13. The van der Waals surface area contributed by atoms with Gasteiger partial charge in [-0.2, -0.15) is 4.98 Å². The number of piperazine rings is 1. The van der Waals surface area contributed by atoms with Crippen molar-refractivity contribution in [3.8, 4) is 0 Å². The lowest BCUT2D eigenvalue weighted by Crippen LogP contribution is -2.49. The number of carbonyl (C=O) groups is 2. The summed E-state index contributed by atoms with van der Waals surface area (Å²) in [4.78, 5) is 36.5. The molecule has 4 rings (SSSR count). The molecule has 1 fully saturated rings. The molecule has 1 aromatic carbocycles. The molecule has 1 amide bonds. The van der Waals surface area contributed by atoms with E-state index in [1.807, 2.05) is 37.3 Å². The van der Waals surface area contributed by atoms with Gasteiger partial charge in [-0.05, 0) is 44.2 Å². The molecular weight excluding hydrogens is 344 g/mol. The molecule has 0 unspecified atom stereocenters. The number of aromatic nitrogens is 4. The average molecular weight is 364 g/mol. The monoisotopic (exact) mass is 364 g/mol. The zero-order chi connectivity index (χ0) is 19.0. The van der Waals surface area contributed by atoms with Gasteiger partial charge in [0.25, 0.3) is 11.7 Å². The van der Waals surface area contributed by atoms with Gasteiger partial charge in [0.1, 0.15) is 0 Å². The van der Waals surface area contributed by atoms with Crippen molar-refractivity contribution in [2.45, 2.75) is 13.8 Å². The smallest absolute Gasteiger partial charge is 0.293 e. The third-order valence-corrected chi connectivity index (χ3v) is 4.83. The molecule has 0 bridgehead atoms. The molecule has 0 saturated carbocycles. The Morgan fingerprint density at radius 2 is 1.70 bits per heavy atom. The molecule has 27 heavy (non-hydrogen) atoms. The van der Waals surface area contributed by atoms with Gasteiger partial charge in [0.2, 0.25) is 5.82 Å². The van der Waals surface area contributed by atoms with E-state index in [9.17, 15) is 9.59 Å². The molecule has 138 valence electrons. The fourth-order valence-corrected chi connectivity index (χ4v) is 3.21. The quantitative estimate of drug-likeness (QED) is 0.657. The summed E-state index contributed by atoms with van der Waals surface area (Å²) < 4.78 is 1.58. The van der Waals surface area contributed by atoms with Gasteiger partial charge >= 0.3 is 0 Å². The summed E-state index contributed by atoms with van der Waals surface area (Å²) in [6.07, 6.45) is 1.66. The van der Waals surface area contributed by atoms with E-state index in [4.69, 9.17) is 0 Å². The normalized spacial score (nSPS) is 14.6. The van der Waals surface area contributed by atoms with Crippen LogP contribution in [-0.4, -0.2) is 62.4 Å². The summed E-state index contributed by atoms with van der Waals surface area (Å²) in [5.74, 6) is 0.492. The number of hydrogen-bond acceptors (Lipinski definition) is 6. The van der Waals surface area contributed by atoms with Crippen LogP contribution in [0.5, 0.6) is 0 Å². The van der Waals surface area contributed by atoms with Crippen LogP contribution in [-0.2, 0) is 0 Å². The molecule has 0 N–H and O–H groups in total. The summed E-state index contributed by atoms with van der Waals surface area (Å²) >= 11 is 0. The molecule has 3 aromatic rings. The number of hydrogen-bond donors (Lipinski definition) is 0. The summed E-state index contributed by atoms with van der Waals surface area (Å²) in [6, 6.07) is 9.40. The first-order chi connectivity index (χ1) is 13.0. The second-order valence-corrected chi connectivity index (χ2v) is 6.62. The lowest BCUT2D eigenvalue weighted by atomic mass is 10.1. The molecule has 1 aliphatic heterocycles. The molecule has 2 aromatic heterocycles. The van der Waals surface area contributed by atoms with Gasteiger partial charge in [-0.15, -0.1) is 5.10 Å². The van der Waals surface area contributed by atoms with E-state index in [0.717, 1.165) is 24.5 Å². The SMILES string of the molecule is CC(=O)c1ccc(N2CCN(C(=O)c3nc4nccc(C)n4n3)CC2)cc1. The van der Waals surface area contributed by atoms with E-state index in [-0.39, 0.29) is 17.5 Å². The van der Waals surface area contributed by atoms with E-state index < -0.39 is 0 Å². The molecule has 0 atom stereocenters. The van der Waals surface area contributed by atoms with Crippen LogP contribution in [0.3, 0.4) is 0 Å². The highest BCUT2D eigenvalue weighted by atomic mass is 16.2. The van der Waals surface area contributed by atoms with Crippen LogP contribution in [0.2, 0.25) is 0 Å². The van der Waals surface area contributed by atoms with Crippen molar-refractivity contribution in [1.82, 2.24) is 24.5 Å². The Bertz CT molecular complexity index is 1000. The topological polar surface area (TPSA) is 83.7 Å². The summed E-state index contributed by atoms with van der Waals surface area (Å²) in [5, 5.41) is 4.30. The number of Topliss-reactive ketones (excluding diaryl/α,β-unsaturated/α-hetero) is 1.